The van der Waals surface area contributed by atoms with Gasteiger partial charge in [0.05, 0.1) is 5.52 Å². The lowest BCUT2D eigenvalue weighted by Crippen LogP contribution is -2.55. The van der Waals surface area contributed by atoms with E-state index in [2.05, 4.69) is 36.8 Å². The van der Waals surface area contributed by atoms with Crippen molar-refractivity contribution in [1.82, 2.24) is 25.1 Å². The molecule has 0 aliphatic carbocycles. The number of nitrogens with zero attached hydrogens (tertiary/aromatic N) is 4. The Morgan fingerprint density at radius 1 is 1.20 bits per heavy atom. The van der Waals surface area contributed by atoms with Gasteiger partial charge >= 0.3 is 0 Å². The van der Waals surface area contributed by atoms with Crippen molar-refractivity contribution < 1.29 is 4.39 Å². The highest BCUT2D eigenvalue weighted by Gasteiger charge is 2.38. The molecule has 2 bridgehead atoms. The first-order valence-electron chi connectivity index (χ1n) is 10.8. The van der Waals surface area contributed by atoms with Crippen molar-refractivity contribution in [3.05, 3.63) is 36.2 Å². The number of H-pyrrole nitrogens is 1. The van der Waals surface area contributed by atoms with E-state index in [1.165, 1.54) is 6.42 Å². The molecule has 0 spiro atoms. The molecule has 5 heterocycles. The third kappa shape index (κ3) is 3.84. The summed E-state index contributed by atoms with van der Waals surface area (Å²) in [5.41, 5.74) is 1.88. The second-order valence-electron chi connectivity index (χ2n) is 8.47. The largest absolute Gasteiger partial charge is 0.367 e. The Kier molecular flexibility index (Phi) is 5.25. The zero-order chi connectivity index (χ0) is 20.5. The molecule has 3 aromatic rings. The van der Waals surface area contributed by atoms with Gasteiger partial charge in [-0.25, -0.2) is 9.37 Å². The smallest absolute Gasteiger partial charge is 0.153 e. The lowest BCUT2D eigenvalue weighted by Gasteiger charge is -2.48. The number of hydrogen-bond acceptors (Lipinski definition) is 6. The van der Waals surface area contributed by atoms with Crippen molar-refractivity contribution in [2.24, 2.45) is 0 Å². The van der Waals surface area contributed by atoms with Crippen LogP contribution in [0.4, 0.5) is 21.8 Å². The van der Waals surface area contributed by atoms with E-state index in [4.69, 9.17) is 4.98 Å². The summed E-state index contributed by atoms with van der Waals surface area (Å²) in [5.74, 6) is 2.29. The molecule has 0 amide bonds. The van der Waals surface area contributed by atoms with Crippen molar-refractivity contribution in [1.29, 1.82) is 0 Å². The van der Waals surface area contributed by atoms with Gasteiger partial charge in [-0.15, -0.1) is 0 Å². The molecule has 8 heteroatoms. The van der Waals surface area contributed by atoms with E-state index in [1.54, 1.807) is 6.20 Å². The molecule has 3 atom stereocenters. The van der Waals surface area contributed by atoms with Crippen LogP contribution in [0, 0.1) is 6.92 Å². The summed E-state index contributed by atoms with van der Waals surface area (Å²) in [6, 6.07) is 9.14. The molecule has 0 radical (unpaired) electrons. The van der Waals surface area contributed by atoms with E-state index in [1.807, 2.05) is 25.1 Å². The van der Waals surface area contributed by atoms with Crippen LogP contribution in [-0.2, 0) is 0 Å². The van der Waals surface area contributed by atoms with E-state index in [0.717, 1.165) is 53.9 Å². The number of aromatic amines is 1. The predicted octanol–water partition coefficient (Wildman–Crippen LogP) is 4.17. The Balaban J connectivity index is 1.41. The number of anilines is 3. The molecular weight excluding hydrogens is 381 g/mol. The standard InChI is InChI=1S/C22H28FN7/c1-14-10-21(29-28-14)26-20-13-19-18(6-3-8-24-19)22(27-20)25-15-11-16-4-2-5-17(12-15)30(16)9-7-23/h3,6,8,10,13,15-17H,2,4-5,7,9,11-12H2,1H3,(H3,25,26,27,28,29)/t15?,16-,17+. The van der Waals surface area contributed by atoms with Crippen molar-refractivity contribution in [2.75, 3.05) is 23.9 Å². The van der Waals surface area contributed by atoms with Gasteiger partial charge in [-0.3, -0.25) is 15.0 Å². The molecule has 3 N–H and O–H groups in total. The fourth-order valence-corrected chi connectivity index (χ4v) is 5.11. The van der Waals surface area contributed by atoms with Crippen LogP contribution in [0.5, 0.6) is 0 Å². The average Bonchev–Trinajstić information content (AvgIpc) is 3.13. The second-order valence-corrected chi connectivity index (χ2v) is 8.47. The monoisotopic (exact) mass is 409 g/mol. The summed E-state index contributed by atoms with van der Waals surface area (Å²) in [6.07, 6.45) is 7.41. The first-order chi connectivity index (χ1) is 14.7. The van der Waals surface area contributed by atoms with Gasteiger partial charge in [0.25, 0.3) is 0 Å². The Bertz CT molecular complexity index is 1010. The van der Waals surface area contributed by atoms with E-state index in [9.17, 15) is 4.39 Å². The number of pyridine rings is 2. The fourth-order valence-electron chi connectivity index (χ4n) is 5.11. The van der Waals surface area contributed by atoms with Crippen LogP contribution in [0.15, 0.2) is 30.5 Å². The zero-order valence-corrected chi connectivity index (χ0v) is 17.2. The van der Waals surface area contributed by atoms with Crippen molar-refractivity contribution >= 4 is 28.4 Å². The molecular formula is C22H28FN7. The minimum absolute atomic E-state index is 0.261. The molecule has 3 aromatic heterocycles. The van der Waals surface area contributed by atoms with Gasteiger partial charge in [-0.1, -0.05) is 6.42 Å². The number of aromatic nitrogens is 4. The summed E-state index contributed by atoms with van der Waals surface area (Å²) < 4.78 is 13.0. The highest BCUT2D eigenvalue weighted by Crippen LogP contribution is 2.36. The summed E-state index contributed by atoms with van der Waals surface area (Å²) in [4.78, 5) is 11.8. The van der Waals surface area contributed by atoms with Crippen LogP contribution >= 0.6 is 0 Å². The van der Waals surface area contributed by atoms with Gasteiger partial charge in [0.1, 0.15) is 18.3 Å². The van der Waals surface area contributed by atoms with Crippen LogP contribution in [-0.4, -0.2) is 56.4 Å². The third-order valence-corrected chi connectivity index (χ3v) is 6.37. The number of hydrogen-bond donors (Lipinski definition) is 3. The fraction of sp³-hybridized carbons (Fsp3) is 0.500. The first kappa shape index (κ1) is 19.2. The minimum atomic E-state index is -0.261. The van der Waals surface area contributed by atoms with E-state index in [0.29, 0.717) is 30.5 Å². The molecule has 7 nitrogen and oxygen atoms in total. The van der Waals surface area contributed by atoms with Gasteiger partial charge in [0.2, 0.25) is 0 Å². The van der Waals surface area contributed by atoms with E-state index < -0.39 is 0 Å². The molecule has 0 saturated carbocycles. The minimum Gasteiger partial charge on any atom is -0.367 e. The maximum atomic E-state index is 13.0. The molecule has 5 rings (SSSR count). The molecule has 0 aromatic carbocycles. The van der Waals surface area contributed by atoms with Gasteiger partial charge in [0, 0.05) is 54.1 Å². The normalized spacial score (nSPS) is 24.1. The number of nitrogens with one attached hydrogen (secondary N) is 3. The predicted molar refractivity (Wildman–Crippen MR) is 117 cm³/mol. The van der Waals surface area contributed by atoms with Gasteiger partial charge in [-0.05, 0) is 44.7 Å². The van der Waals surface area contributed by atoms with Gasteiger partial charge in [0.15, 0.2) is 5.82 Å². The van der Waals surface area contributed by atoms with Crippen molar-refractivity contribution in [3.8, 4) is 0 Å². The quantitative estimate of drug-likeness (QED) is 0.567. The third-order valence-electron chi connectivity index (χ3n) is 6.37. The number of halogens is 1. The summed E-state index contributed by atoms with van der Waals surface area (Å²) >= 11 is 0. The second kappa shape index (κ2) is 8.18. The molecule has 158 valence electrons. The number of alkyl halides is 1. The van der Waals surface area contributed by atoms with Crippen LogP contribution < -0.4 is 10.6 Å². The number of fused-ring (bicyclic) bond motifs is 3. The Labute approximate surface area is 175 Å². The Morgan fingerprint density at radius 2 is 2.03 bits per heavy atom. The van der Waals surface area contributed by atoms with Crippen LogP contribution in [0.2, 0.25) is 0 Å². The topological polar surface area (TPSA) is 81.8 Å². The number of rotatable bonds is 6. The molecule has 2 fully saturated rings. The Morgan fingerprint density at radius 3 is 2.77 bits per heavy atom. The SMILES string of the molecule is Cc1cc(Nc2cc3ncccc3c(NC3C[C@H]4CCC[C@@H](C3)N4CCF)n2)n[nH]1. The Hall–Kier alpha value is -2.74. The first-order valence-corrected chi connectivity index (χ1v) is 10.8. The zero-order valence-electron chi connectivity index (χ0n) is 17.2. The van der Waals surface area contributed by atoms with Gasteiger partial charge < -0.3 is 10.6 Å². The summed E-state index contributed by atoms with van der Waals surface area (Å²) in [7, 11) is 0. The van der Waals surface area contributed by atoms with Crippen LogP contribution in [0.3, 0.4) is 0 Å². The lowest BCUT2D eigenvalue weighted by atomic mass is 9.81. The molecule has 30 heavy (non-hydrogen) atoms. The van der Waals surface area contributed by atoms with Crippen LogP contribution in [0.25, 0.3) is 10.9 Å². The number of aryl methyl sites for hydroxylation is 1. The highest BCUT2D eigenvalue weighted by atomic mass is 19.1. The molecule has 2 aliphatic heterocycles. The van der Waals surface area contributed by atoms with Crippen molar-refractivity contribution in [3.63, 3.8) is 0 Å². The van der Waals surface area contributed by atoms with Crippen molar-refractivity contribution in [2.45, 2.75) is 57.2 Å². The van der Waals surface area contributed by atoms with E-state index >= 15 is 0 Å². The highest BCUT2D eigenvalue weighted by molar-refractivity contribution is 5.91. The average molecular weight is 410 g/mol. The van der Waals surface area contributed by atoms with Gasteiger partial charge in [-0.2, -0.15) is 5.10 Å². The lowest BCUT2D eigenvalue weighted by molar-refractivity contribution is 0.0303. The summed E-state index contributed by atoms with van der Waals surface area (Å²) in [5, 5.41) is 15.2. The molecule has 1 unspecified atom stereocenters. The number of piperidine rings is 2. The van der Waals surface area contributed by atoms with Crippen LogP contribution in [0.1, 0.15) is 37.8 Å². The summed E-state index contributed by atoms with van der Waals surface area (Å²) in [6.45, 7) is 2.27. The maximum Gasteiger partial charge on any atom is 0.153 e. The molecule has 2 saturated heterocycles. The van der Waals surface area contributed by atoms with E-state index in [-0.39, 0.29) is 6.67 Å². The molecule has 2 aliphatic rings. The maximum absolute atomic E-state index is 13.0.